The third-order valence-electron chi connectivity index (χ3n) is 11.7. The van der Waals surface area contributed by atoms with Gasteiger partial charge >= 0.3 is 6.03 Å². The summed E-state index contributed by atoms with van der Waals surface area (Å²) in [4.78, 5) is 36.6. The number of hydrogen-bond donors (Lipinski definition) is 2. The molecule has 6 aromatic rings. The molecule has 7 heterocycles. The first kappa shape index (κ1) is 37.2. The van der Waals surface area contributed by atoms with Gasteiger partial charge in [0.15, 0.2) is 17.4 Å². The van der Waals surface area contributed by atoms with Crippen LogP contribution in [-0.2, 0) is 11.8 Å². The van der Waals surface area contributed by atoms with Crippen molar-refractivity contribution >= 4 is 40.2 Å². The summed E-state index contributed by atoms with van der Waals surface area (Å²) in [6.45, 7) is 7.28. The number of urea groups is 1. The maximum Gasteiger partial charge on any atom is 0.329 e. The molecule has 58 heavy (non-hydrogen) atoms. The van der Waals surface area contributed by atoms with Crippen molar-refractivity contribution < 1.29 is 18.7 Å². The molecular formula is C41H46FN13O3. The number of imide groups is 1. The predicted molar refractivity (Wildman–Crippen MR) is 216 cm³/mol. The summed E-state index contributed by atoms with van der Waals surface area (Å²) in [6.07, 6.45) is 12.8. The Morgan fingerprint density at radius 1 is 0.931 bits per heavy atom. The molecule has 16 nitrogen and oxygen atoms in total. The number of piperidine rings is 2. The van der Waals surface area contributed by atoms with E-state index in [1.54, 1.807) is 29.6 Å². The predicted octanol–water partition coefficient (Wildman–Crippen LogP) is 5.27. The lowest BCUT2D eigenvalue weighted by atomic mass is 9.94. The van der Waals surface area contributed by atoms with Crippen LogP contribution < -0.4 is 25.6 Å². The number of rotatable bonds is 10. The molecule has 3 aliphatic heterocycles. The Morgan fingerprint density at radius 2 is 1.72 bits per heavy atom. The number of amides is 3. The van der Waals surface area contributed by atoms with E-state index in [9.17, 15) is 14.0 Å². The first-order valence-corrected chi connectivity index (χ1v) is 19.8. The Hall–Kier alpha value is -6.36. The molecule has 0 spiro atoms. The molecule has 0 aliphatic carbocycles. The van der Waals surface area contributed by atoms with Crippen LogP contribution in [0.15, 0.2) is 73.4 Å². The molecule has 0 unspecified atom stereocenters. The fourth-order valence-electron chi connectivity index (χ4n) is 8.52. The van der Waals surface area contributed by atoms with E-state index in [4.69, 9.17) is 15.6 Å². The number of hydrogen-bond acceptors (Lipinski definition) is 11. The van der Waals surface area contributed by atoms with E-state index >= 15 is 0 Å². The lowest BCUT2D eigenvalue weighted by Gasteiger charge is -2.38. The number of benzene rings is 2. The Labute approximate surface area is 334 Å². The molecule has 3 amide bonds. The minimum Gasteiger partial charge on any atom is -0.482 e. The molecule has 1 atom stereocenters. The van der Waals surface area contributed by atoms with Crippen LogP contribution in [0.5, 0.6) is 5.75 Å². The molecular weight excluding hydrogens is 742 g/mol. The maximum atomic E-state index is 14.3. The number of fused-ring (bicyclic) bond motifs is 1. The Kier molecular flexibility index (Phi) is 9.97. The van der Waals surface area contributed by atoms with Crippen LogP contribution in [0.4, 0.5) is 26.5 Å². The third kappa shape index (κ3) is 7.44. The molecule has 3 fully saturated rings. The van der Waals surface area contributed by atoms with Crippen molar-refractivity contribution in [2.24, 2.45) is 13.0 Å². The zero-order chi connectivity index (χ0) is 39.9. The molecule has 0 bridgehead atoms. The smallest absolute Gasteiger partial charge is 0.329 e. The van der Waals surface area contributed by atoms with E-state index in [1.807, 2.05) is 37.0 Å². The van der Waals surface area contributed by atoms with Gasteiger partial charge in [-0.1, -0.05) is 0 Å². The summed E-state index contributed by atoms with van der Waals surface area (Å²) < 4.78 is 24.5. The van der Waals surface area contributed by atoms with Crippen molar-refractivity contribution in [2.45, 2.75) is 51.2 Å². The highest BCUT2D eigenvalue weighted by molar-refractivity contribution is 6.09. The van der Waals surface area contributed by atoms with Crippen LogP contribution >= 0.6 is 0 Å². The lowest BCUT2D eigenvalue weighted by molar-refractivity contribution is -0.120. The number of pyridine rings is 1. The fraction of sp³-hybridized carbons (Fsp3) is 0.390. The quantitative estimate of drug-likeness (QED) is 0.185. The third-order valence-corrected chi connectivity index (χ3v) is 11.7. The SMILES string of the molecule is C[C@@H](Oc1cc(-c2cnn(C3CCN(CC4CCN(c5ccc6c(N7CCC(=O)NC7=O)nn(C)c6c5)CC4)CC3)c2)cnc1N)c1cc(F)ccc1-n1nccn1. The van der Waals surface area contributed by atoms with Gasteiger partial charge in [-0.3, -0.25) is 24.4 Å². The number of aryl methyl sites for hydroxylation is 1. The van der Waals surface area contributed by atoms with E-state index < -0.39 is 12.1 Å². The molecule has 3 saturated heterocycles. The minimum absolute atomic E-state index is 0.239. The zero-order valence-corrected chi connectivity index (χ0v) is 32.5. The zero-order valence-electron chi connectivity index (χ0n) is 32.5. The number of aromatic nitrogens is 8. The summed E-state index contributed by atoms with van der Waals surface area (Å²) in [5, 5.41) is 21.1. The van der Waals surface area contributed by atoms with Gasteiger partial charge < -0.3 is 20.3 Å². The van der Waals surface area contributed by atoms with Crippen LogP contribution in [0.1, 0.15) is 56.7 Å². The van der Waals surface area contributed by atoms with Gasteiger partial charge in [-0.05, 0) is 81.0 Å². The maximum absolute atomic E-state index is 14.3. The Balaban J connectivity index is 0.777. The van der Waals surface area contributed by atoms with Gasteiger partial charge in [0, 0.05) is 92.9 Å². The molecule has 0 saturated carbocycles. The van der Waals surface area contributed by atoms with Crippen LogP contribution in [-0.4, -0.2) is 95.6 Å². The summed E-state index contributed by atoms with van der Waals surface area (Å²) in [6, 6.07) is 12.5. The van der Waals surface area contributed by atoms with Crippen molar-refractivity contribution in [1.82, 2.24) is 49.8 Å². The molecule has 17 heteroatoms. The summed E-state index contributed by atoms with van der Waals surface area (Å²) in [5.74, 6) is 1.21. The second-order valence-corrected chi connectivity index (χ2v) is 15.5. The van der Waals surface area contributed by atoms with Crippen LogP contribution in [0, 0.1) is 11.7 Å². The number of carbonyl (C=O) groups excluding carboxylic acids is 2. The number of halogens is 1. The van der Waals surface area contributed by atoms with Gasteiger partial charge in [0.25, 0.3) is 0 Å². The molecule has 0 radical (unpaired) electrons. The number of nitrogens with two attached hydrogens (primary N) is 1. The van der Waals surface area contributed by atoms with Crippen molar-refractivity contribution in [2.75, 3.05) is 54.8 Å². The van der Waals surface area contributed by atoms with Crippen LogP contribution in [0.25, 0.3) is 27.7 Å². The highest BCUT2D eigenvalue weighted by Gasteiger charge is 2.30. The number of nitrogen functional groups attached to an aromatic ring is 1. The Morgan fingerprint density at radius 3 is 2.50 bits per heavy atom. The molecule has 3 aliphatic rings. The molecule has 2 aromatic carbocycles. The van der Waals surface area contributed by atoms with Gasteiger partial charge in [-0.2, -0.15) is 25.2 Å². The molecule has 4 aromatic heterocycles. The summed E-state index contributed by atoms with van der Waals surface area (Å²) in [7, 11) is 1.89. The number of nitrogens with zero attached hydrogens (tertiary/aromatic N) is 11. The lowest BCUT2D eigenvalue weighted by Crippen LogP contribution is -2.49. The first-order chi connectivity index (χ1) is 28.2. The van der Waals surface area contributed by atoms with Crippen molar-refractivity contribution in [3.05, 3.63) is 84.8 Å². The number of carbonyl (C=O) groups is 2. The van der Waals surface area contributed by atoms with E-state index in [1.165, 1.54) is 16.9 Å². The van der Waals surface area contributed by atoms with Gasteiger partial charge in [-0.25, -0.2) is 14.2 Å². The van der Waals surface area contributed by atoms with E-state index in [-0.39, 0.29) is 24.0 Å². The fourth-order valence-corrected chi connectivity index (χ4v) is 8.52. The molecule has 9 rings (SSSR count). The van der Waals surface area contributed by atoms with Crippen LogP contribution in [0.2, 0.25) is 0 Å². The minimum atomic E-state index is -0.568. The number of likely N-dealkylation sites (tertiary alicyclic amines) is 1. The highest BCUT2D eigenvalue weighted by Crippen LogP contribution is 2.35. The standard InChI is InChI=1S/C41H46FN13O3/c1-26(34-20-30(42)3-6-35(34)55-45-12-13-46-55)58-37-19-28(22-44-39(37)43)29-23-47-54(25-29)31-9-14-51(15-10-31)24-27-7-16-52(17-8-27)32-4-5-33-36(21-32)50(2)49-40(33)53-18-11-38(56)48-41(53)57/h3-6,12-13,19-23,25-27,31H,7-11,14-18,24H2,1-2H3,(H2,43,44)(H,48,56,57)/t26-/m1/s1. The van der Waals surface area contributed by atoms with Crippen LogP contribution in [0.3, 0.4) is 0 Å². The summed E-state index contributed by atoms with van der Waals surface area (Å²) in [5.41, 5.74) is 11.3. The number of ether oxygens (including phenoxy) is 1. The highest BCUT2D eigenvalue weighted by atomic mass is 19.1. The normalized spacial score (nSPS) is 17.9. The first-order valence-electron chi connectivity index (χ1n) is 19.8. The monoisotopic (exact) mass is 787 g/mol. The van der Waals surface area contributed by atoms with Gasteiger partial charge in [0.1, 0.15) is 11.9 Å². The average molecular weight is 788 g/mol. The van der Waals surface area contributed by atoms with E-state index in [2.05, 4.69) is 58.4 Å². The van der Waals surface area contributed by atoms with Gasteiger partial charge in [0.05, 0.1) is 35.8 Å². The van der Waals surface area contributed by atoms with Gasteiger partial charge in [0.2, 0.25) is 5.91 Å². The van der Waals surface area contributed by atoms with Crippen molar-refractivity contribution in [3.63, 3.8) is 0 Å². The van der Waals surface area contributed by atoms with E-state index in [0.717, 1.165) is 86.1 Å². The van der Waals surface area contributed by atoms with Gasteiger partial charge in [-0.15, -0.1) is 0 Å². The molecule has 3 N–H and O–H groups in total. The van der Waals surface area contributed by atoms with E-state index in [0.29, 0.717) is 41.3 Å². The number of anilines is 3. The summed E-state index contributed by atoms with van der Waals surface area (Å²) >= 11 is 0. The second-order valence-electron chi connectivity index (χ2n) is 15.5. The Bertz CT molecular complexity index is 2450. The largest absolute Gasteiger partial charge is 0.482 e. The second kappa shape index (κ2) is 15.5. The topological polar surface area (TPSA) is 170 Å². The average Bonchev–Trinajstić information content (AvgIpc) is 4.01. The number of nitrogens with one attached hydrogen (secondary N) is 1. The molecule has 300 valence electrons. The van der Waals surface area contributed by atoms with Crippen molar-refractivity contribution in [1.29, 1.82) is 0 Å². The van der Waals surface area contributed by atoms with Crippen molar-refractivity contribution in [3.8, 4) is 22.6 Å².